The summed E-state index contributed by atoms with van der Waals surface area (Å²) in [5.74, 6) is -0.162. The molecule has 0 N–H and O–H groups in total. The molecule has 0 atom stereocenters. The van der Waals surface area contributed by atoms with E-state index in [1.54, 1.807) is 24.3 Å². The number of ether oxygens (including phenoxy) is 2. The number of rotatable bonds is 4. The first kappa shape index (κ1) is 15.7. The van der Waals surface area contributed by atoms with Gasteiger partial charge in [-0.05, 0) is 23.8 Å². The Balaban J connectivity index is 2.10. The van der Waals surface area contributed by atoms with Crippen LogP contribution in [-0.4, -0.2) is 23.3 Å². The van der Waals surface area contributed by atoms with Crippen molar-refractivity contribution in [3.05, 3.63) is 47.7 Å². The third kappa shape index (κ3) is 4.18. The van der Waals surface area contributed by atoms with E-state index in [4.69, 9.17) is 4.74 Å². The highest BCUT2D eigenvalue weighted by atomic mass is 19.4. The third-order valence-corrected chi connectivity index (χ3v) is 2.63. The van der Waals surface area contributed by atoms with Gasteiger partial charge in [-0.15, -0.1) is 10.2 Å². The van der Waals surface area contributed by atoms with Crippen LogP contribution in [0.4, 0.5) is 13.2 Å². The summed E-state index contributed by atoms with van der Waals surface area (Å²) in [6, 6.07) is 8.34. The van der Waals surface area contributed by atoms with Gasteiger partial charge in [-0.25, -0.2) is 0 Å². The van der Waals surface area contributed by atoms with E-state index in [1.807, 2.05) is 0 Å². The second-order valence-corrected chi connectivity index (χ2v) is 4.26. The number of carbonyl (C=O) groups excluding carboxylic acids is 1. The van der Waals surface area contributed by atoms with E-state index in [9.17, 15) is 18.0 Å². The van der Waals surface area contributed by atoms with E-state index in [2.05, 4.69) is 14.9 Å². The highest BCUT2D eigenvalue weighted by Crippen LogP contribution is 2.28. The molecular formula is C14H11F3N2O3. The Morgan fingerprint density at radius 1 is 1.18 bits per heavy atom. The summed E-state index contributed by atoms with van der Waals surface area (Å²) in [6.07, 6.45) is -4.49. The summed E-state index contributed by atoms with van der Waals surface area (Å²) in [6.45, 7) is 0. The maximum atomic E-state index is 12.4. The fourth-order valence-corrected chi connectivity index (χ4v) is 1.60. The molecule has 0 spiro atoms. The molecule has 116 valence electrons. The molecule has 22 heavy (non-hydrogen) atoms. The lowest BCUT2D eigenvalue weighted by molar-refractivity contribution is -0.142. The average Bonchev–Trinajstić information content (AvgIpc) is 2.47. The van der Waals surface area contributed by atoms with Crippen LogP contribution in [0.15, 0.2) is 36.4 Å². The van der Waals surface area contributed by atoms with Crippen molar-refractivity contribution in [1.82, 2.24) is 10.2 Å². The van der Waals surface area contributed by atoms with Crippen LogP contribution in [0.2, 0.25) is 0 Å². The first-order chi connectivity index (χ1) is 10.4. The van der Waals surface area contributed by atoms with Gasteiger partial charge in [-0.1, -0.05) is 12.1 Å². The zero-order valence-electron chi connectivity index (χ0n) is 11.4. The van der Waals surface area contributed by atoms with E-state index in [1.165, 1.54) is 7.11 Å². The van der Waals surface area contributed by atoms with Gasteiger partial charge < -0.3 is 9.47 Å². The molecule has 0 aliphatic heterocycles. The van der Waals surface area contributed by atoms with Crippen molar-refractivity contribution in [3.63, 3.8) is 0 Å². The molecule has 5 nitrogen and oxygen atoms in total. The Hall–Kier alpha value is -2.64. The average molecular weight is 312 g/mol. The van der Waals surface area contributed by atoms with Crippen molar-refractivity contribution in [2.24, 2.45) is 0 Å². The summed E-state index contributed by atoms with van der Waals surface area (Å²) >= 11 is 0. The number of methoxy groups -OCH3 is 1. The molecule has 0 saturated carbocycles. The molecule has 1 heterocycles. The largest absolute Gasteiger partial charge is 0.469 e. The lowest BCUT2D eigenvalue weighted by Crippen LogP contribution is -2.08. The monoisotopic (exact) mass is 312 g/mol. The second-order valence-electron chi connectivity index (χ2n) is 4.26. The molecule has 1 aromatic heterocycles. The first-order valence-electron chi connectivity index (χ1n) is 6.13. The summed E-state index contributed by atoms with van der Waals surface area (Å²) in [5, 5.41) is 6.42. The van der Waals surface area contributed by atoms with E-state index in [-0.39, 0.29) is 12.3 Å². The molecule has 0 unspecified atom stereocenters. The van der Waals surface area contributed by atoms with Crippen molar-refractivity contribution in [2.45, 2.75) is 12.6 Å². The van der Waals surface area contributed by atoms with Crippen LogP contribution in [0.1, 0.15) is 11.3 Å². The van der Waals surface area contributed by atoms with Crippen molar-refractivity contribution in [2.75, 3.05) is 7.11 Å². The number of benzene rings is 1. The van der Waals surface area contributed by atoms with Crippen molar-refractivity contribution < 1.29 is 27.4 Å². The number of halogens is 3. The van der Waals surface area contributed by atoms with Crippen LogP contribution < -0.4 is 4.74 Å². The topological polar surface area (TPSA) is 61.3 Å². The van der Waals surface area contributed by atoms with Crippen molar-refractivity contribution in [1.29, 1.82) is 0 Å². The smallest absolute Gasteiger partial charge is 0.435 e. The van der Waals surface area contributed by atoms with Crippen LogP contribution in [0.3, 0.4) is 0 Å². The standard InChI is InChI=1S/C14H11F3N2O3/c1-21-13(20)8-9-3-2-4-10(7-9)22-12-6-5-11(18-19-12)14(15,16)17/h2-7H,8H2,1H3. The van der Waals surface area contributed by atoms with Crippen LogP contribution in [0.25, 0.3) is 0 Å². The van der Waals surface area contributed by atoms with Crippen LogP contribution in [-0.2, 0) is 22.1 Å². The Morgan fingerprint density at radius 3 is 2.55 bits per heavy atom. The minimum atomic E-state index is -4.55. The maximum absolute atomic E-state index is 12.4. The van der Waals surface area contributed by atoms with E-state index >= 15 is 0 Å². The first-order valence-corrected chi connectivity index (χ1v) is 6.13. The van der Waals surface area contributed by atoms with E-state index < -0.39 is 17.8 Å². The number of hydrogen-bond donors (Lipinski definition) is 0. The number of hydrogen-bond acceptors (Lipinski definition) is 5. The van der Waals surface area contributed by atoms with Gasteiger partial charge in [0.15, 0.2) is 5.69 Å². The number of alkyl halides is 3. The molecule has 0 radical (unpaired) electrons. The lowest BCUT2D eigenvalue weighted by atomic mass is 10.1. The lowest BCUT2D eigenvalue weighted by Gasteiger charge is -2.08. The van der Waals surface area contributed by atoms with Crippen molar-refractivity contribution >= 4 is 5.97 Å². The number of esters is 1. The zero-order valence-corrected chi connectivity index (χ0v) is 11.4. The molecule has 2 rings (SSSR count). The Bertz CT molecular complexity index is 657. The van der Waals surface area contributed by atoms with Gasteiger partial charge in [0.1, 0.15) is 5.75 Å². The maximum Gasteiger partial charge on any atom is 0.435 e. The van der Waals surface area contributed by atoms with E-state index in [0.717, 1.165) is 12.1 Å². The van der Waals surface area contributed by atoms with E-state index in [0.29, 0.717) is 11.3 Å². The molecule has 0 aliphatic carbocycles. The van der Waals surface area contributed by atoms with Gasteiger partial charge in [0.25, 0.3) is 0 Å². The summed E-state index contributed by atoms with van der Waals surface area (Å²) in [5.41, 5.74) is -0.455. The van der Waals surface area contributed by atoms with Gasteiger partial charge in [-0.3, -0.25) is 4.79 Å². The summed E-state index contributed by atoms with van der Waals surface area (Å²) < 4.78 is 47.0. The van der Waals surface area contributed by atoms with Crippen LogP contribution in [0, 0.1) is 0 Å². The molecule has 8 heteroatoms. The fourth-order valence-electron chi connectivity index (χ4n) is 1.60. The predicted molar refractivity (Wildman–Crippen MR) is 69.3 cm³/mol. The SMILES string of the molecule is COC(=O)Cc1cccc(Oc2ccc(C(F)(F)F)nn2)c1. The van der Waals surface area contributed by atoms with Gasteiger partial charge in [0, 0.05) is 6.07 Å². The normalized spacial score (nSPS) is 11.1. The minimum absolute atomic E-state index is 0.0619. The molecule has 0 bridgehead atoms. The van der Waals surface area contributed by atoms with Crippen LogP contribution >= 0.6 is 0 Å². The number of nitrogens with zero attached hydrogens (tertiary/aromatic N) is 2. The predicted octanol–water partition coefficient (Wildman–Crippen LogP) is 3.00. The molecule has 0 saturated heterocycles. The molecular weight excluding hydrogens is 301 g/mol. The highest BCUT2D eigenvalue weighted by molar-refractivity contribution is 5.72. The second kappa shape index (κ2) is 6.42. The van der Waals surface area contributed by atoms with Gasteiger partial charge in [-0.2, -0.15) is 13.2 Å². The number of carbonyl (C=O) groups is 1. The van der Waals surface area contributed by atoms with Gasteiger partial charge >= 0.3 is 12.1 Å². The van der Waals surface area contributed by atoms with Gasteiger partial charge in [0.2, 0.25) is 5.88 Å². The molecule has 0 amide bonds. The molecule has 0 aliphatic rings. The summed E-state index contributed by atoms with van der Waals surface area (Å²) in [7, 11) is 1.28. The number of aromatic nitrogens is 2. The Kier molecular flexibility index (Phi) is 4.59. The Morgan fingerprint density at radius 2 is 1.95 bits per heavy atom. The molecule has 0 fully saturated rings. The molecule has 1 aromatic carbocycles. The quantitative estimate of drug-likeness (QED) is 0.812. The fraction of sp³-hybridized carbons (Fsp3) is 0.214. The zero-order chi connectivity index (χ0) is 16.2. The van der Waals surface area contributed by atoms with Crippen molar-refractivity contribution in [3.8, 4) is 11.6 Å². The van der Waals surface area contributed by atoms with Crippen LogP contribution in [0.5, 0.6) is 11.6 Å². The summed E-state index contributed by atoms with van der Waals surface area (Å²) in [4.78, 5) is 11.2. The molecule has 2 aromatic rings. The highest BCUT2D eigenvalue weighted by Gasteiger charge is 2.32. The third-order valence-electron chi connectivity index (χ3n) is 2.63. The Labute approximate surface area is 123 Å². The minimum Gasteiger partial charge on any atom is -0.469 e. The van der Waals surface area contributed by atoms with Gasteiger partial charge in [0.05, 0.1) is 13.5 Å².